The molecule has 12 heavy (non-hydrogen) atoms. The summed E-state index contributed by atoms with van der Waals surface area (Å²) in [4.78, 5) is 14.7. The van der Waals surface area contributed by atoms with Crippen LogP contribution in [0.1, 0.15) is 29.1 Å². The molecule has 0 bridgehead atoms. The number of hydrogen-bond acceptors (Lipinski definition) is 4. The highest BCUT2D eigenvalue weighted by Gasteiger charge is 2.14. The minimum absolute atomic E-state index is 0.134. The van der Waals surface area contributed by atoms with Gasteiger partial charge in [-0.1, -0.05) is 6.92 Å². The van der Waals surface area contributed by atoms with E-state index in [0.717, 1.165) is 0 Å². The molecule has 0 saturated heterocycles. The van der Waals surface area contributed by atoms with E-state index in [4.69, 9.17) is 9.62 Å². The fraction of sp³-hybridized carbons (Fsp3) is 0.429. The number of aryl methyl sites for hydroxylation is 2. The summed E-state index contributed by atoms with van der Waals surface area (Å²) in [5.41, 5.74) is 1.63. The smallest absolute Gasteiger partial charge is 0.296 e. The summed E-state index contributed by atoms with van der Waals surface area (Å²) >= 11 is 0. The lowest BCUT2D eigenvalue weighted by Gasteiger charge is -1.91. The molecule has 0 atom stereocenters. The lowest BCUT2D eigenvalue weighted by Crippen LogP contribution is -2.19. The quantitative estimate of drug-likeness (QED) is 0.505. The fourth-order valence-electron chi connectivity index (χ4n) is 0.866. The normalized spacial score (nSPS) is 9.92. The van der Waals surface area contributed by atoms with Gasteiger partial charge in [-0.2, -0.15) is 0 Å². The lowest BCUT2D eigenvalue weighted by molar-refractivity contribution is 0.0699. The van der Waals surface area contributed by atoms with Crippen molar-refractivity contribution in [3.05, 3.63) is 17.3 Å². The average Bonchev–Trinajstić information content (AvgIpc) is 2.45. The molecular weight excluding hydrogens is 160 g/mol. The average molecular weight is 170 g/mol. The summed E-state index contributed by atoms with van der Waals surface area (Å²) in [5.74, 6) is 0.264. The number of rotatable bonds is 2. The Morgan fingerprint density at radius 1 is 1.75 bits per heavy atom. The Morgan fingerprint density at radius 2 is 2.42 bits per heavy atom. The third-order valence-corrected chi connectivity index (χ3v) is 1.46. The third-order valence-electron chi connectivity index (χ3n) is 1.46. The molecule has 0 unspecified atom stereocenters. The maximum absolute atomic E-state index is 10.9. The van der Waals surface area contributed by atoms with E-state index in [1.54, 1.807) is 6.92 Å². The van der Waals surface area contributed by atoms with E-state index in [-0.39, 0.29) is 5.69 Å². The van der Waals surface area contributed by atoms with Crippen LogP contribution in [0.4, 0.5) is 0 Å². The van der Waals surface area contributed by atoms with Crippen LogP contribution in [0.2, 0.25) is 0 Å². The van der Waals surface area contributed by atoms with Crippen LogP contribution in [0.3, 0.4) is 0 Å². The number of aromatic nitrogens is 1. The van der Waals surface area contributed by atoms with Gasteiger partial charge in [-0.05, 0) is 6.92 Å². The Morgan fingerprint density at radius 3 is 2.83 bits per heavy atom. The number of oxazole rings is 1. The second-order valence-corrected chi connectivity index (χ2v) is 2.31. The second kappa shape index (κ2) is 3.36. The number of amides is 1. The van der Waals surface area contributed by atoms with E-state index in [1.165, 1.54) is 5.48 Å². The van der Waals surface area contributed by atoms with Crippen molar-refractivity contribution >= 4 is 5.91 Å². The second-order valence-electron chi connectivity index (χ2n) is 2.31. The zero-order valence-electron chi connectivity index (χ0n) is 6.92. The van der Waals surface area contributed by atoms with Crippen molar-refractivity contribution in [2.75, 3.05) is 0 Å². The van der Waals surface area contributed by atoms with E-state index in [2.05, 4.69) is 4.98 Å². The summed E-state index contributed by atoms with van der Waals surface area (Å²) in [6, 6.07) is 0. The minimum Gasteiger partial charge on any atom is -0.445 e. The lowest BCUT2D eigenvalue weighted by atomic mass is 10.3. The van der Waals surface area contributed by atoms with Crippen molar-refractivity contribution in [2.24, 2.45) is 0 Å². The molecule has 1 aromatic rings. The van der Waals surface area contributed by atoms with E-state index >= 15 is 0 Å². The Hall–Kier alpha value is -1.36. The van der Waals surface area contributed by atoms with Crippen LogP contribution in [-0.2, 0) is 6.42 Å². The minimum atomic E-state index is -0.643. The predicted molar refractivity (Wildman–Crippen MR) is 39.9 cm³/mol. The molecule has 1 rings (SSSR count). The SMILES string of the molecule is CCc1nc(C(=O)NO)c(C)o1. The zero-order valence-corrected chi connectivity index (χ0v) is 6.92. The van der Waals surface area contributed by atoms with Crippen LogP contribution in [0.15, 0.2) is 4.42 Å². The van der Waals surface area contributed by atoms with E-state index < -0.39 is 5.91 Å². The molecule has 1 aromatic heterocycles. The number of hydrogen-bond donors (Lipinski definition) is 2. The maximum Gasteiger partial charge on any atom is 0.296 e. The maximum atomic E-state index is 10.9. The summed E-state index contributed by atoms with van der Waals surface area (Å²) in [5, 5.41) is 8.31. The van der Waals surface area contributed by atoms with Gasteiger partial charge >= 0.3 is 0 Å². The van der Waals surface area contributed by atoms with E-state index in [0.29, 0.717) is 18.1 Å². The van der Waals surface area contributed by atoms with Crippen LogP contribution in [-0.4, -0.2) is 16.1 Å². The molecule has 0 aliphatic carbocycles. The molecule has 66 valence electrons. The van der Waals surface area contributed by atoms with Crippen molar-refractivity contribution in [1.82, 2.24) is 10.5 Å². The molecule has 0 saturated carbocycles. The highest BCUT2D eigenvalue weighted by Crippen LogP contribution is 2.09. The zero-order chi connectivity index (χ0) is 9.14. The summed E-state index contributed by atoms with van der Waals surface area (Å²) in [6.45, 7) is 3.49. The Kier molecular flexibility index (Phi) is 2.44. The monoisotopic (exact) mass is 170 g/mol. The first kappa shape index (κ1) is 8.73. The molecule has 2 N–H and O–H groups in total. The van der Waals surface area contributed by atoms with Crippen molar-refractivity contribution in [3.8, 4) is 0 Å². The molecule has 0 aromatic carbocycles. The van der Waals surface area contributed by atoms with Crippen molar-refractivity contribution < 1.29 is 14.4 Å². The molecule has 0 fully saturated rings. The van der Waals surface area contributed by atoms with Gasteiger partial charge in [0.15, 0.2) is 11.6 Å². The van der Waals surface area contributed by atoms with Crippen molar-refractivity contribution in [3.63, 3.8) is 0 Å². The number of nitrogens with one attached hydrogen (secondary N) is 1. The summed E-state index contributed by atoms with van der Waals surface area (Å²) < 4.78 is 5.10. The largest absolute Gasteiger partial charge is 0.445 e. The third kappa shape index (κ3) is 1.45. The molecule has 5 heteroatoms. The molecule has 0 radical (unpaired) electrons. The number of carbonyl (C=O) groups excluding carboxylic acids is 1. The van der Waals surface area contributed by atoms with E-state index in [1.807, 2.05) is 6.92 Å². The first-order valence-corrected chi connectivity index (χ1v) is 3.59. The summed E-state index contributed by atoms with van der Waals surface area (Å²) in [6.07, 6.45) is 0.625. The standard InChI is InChI=1S/C7H10N2O3/c1-3-5-8-6(4(2)12-5)7(10)9-11/h11H,3H2,1-2H3,(H,9,10). The summed E-state index contributed by atoms with van der Waals surface area (Å²) in [7, 11) is 0. The van der Waals surface area contributed by atoms with Crippen LogP contribution in [0, 0.1) is 6.92 Å². The fourth-order valence-corrected chi connectivity index (χ4v) is 0.866. The van der Waals surface area contributed by atoms with Gasteiger partial charge in [0, 0.05) is 6.42 Å². The van der Waals surface area contributed by atoms with Crippen molar-refractivity contribution in [2.45, 2.75) is 20.3 Å². The Balaban J connectivity index is 2.99. The molecule has 5 nitrogen and oxygen atoms in total. The molecular formula is C7H10N2O3. The Bertz CT molecular complexity index is 293. The molecule has 0 spiro atoms. The van der Waals surface area contributed by atoms with Gasteiger partial charge in [0.2, 0.25) is 0 Å². The molecule has 1 amide bonds. The van der Waals surface area contributed by atoms with Gasteiger partial charge in [0.05, 0.1) is 0 Å². The van der Waals surface area contributed by atoms with Gasteiger partial charge in [-0.15, -0.1) is 0 Å². The highest BCUT2D eigenvalue weighted by atomic mass is 16.5. The van der Waals surface area contributed by atoms with Gasteiger partial charge in [-0.25, -0.2) is 10.5 Å². The first-order chi connectivity index (χ1) is 5.69. The van der Waals surface area contributed by atoms with Crippen LogP contribution >= 0.6 is 0 Å². The van der Waals surface area contributed by atoms with E-state index in [9.17, 15) is 4.79 Å². The predicted octanol–water partition coefficient (Wildman–Crippen LogP) is 0.664. The molecule has 0 aliphatic rings. The van der Waals surface area contributed by atoms with Gasteiger partial charge in [-0.3, -0.25) is 10.0 Å². The van der Waals surface area contributed by atoms with Crippen LogP contribution in [0.25, 0.3) is 0 Å². The van der Waals surface area contributed by atoms with Crippen LogP contribution < -0.4 is 5.48 Å². The van der Waals surface area contributed by atoms with Crippen LogP contribution in [0.5, 0.6) is 0 Å². The van der Waals surface area contributed by atoms with Gasteiger partial charge in [0.1, 0.15) is 5.76 Å². The van der Waals surface area contributed by atoms with Gasteiger partial charge in [0.25, 0.3) is 5.91 Å². The highest BCUT2D eigenvalue weighted by molar-refractivity contribution is 5.92. The molecule has 0 aliphatic heterocycles. The van der Waals surface area contributed by atoms with Gasteiger partial charge < -0.3 is 4.42 Å². The number of nitrogens with zero attached hydrogens (tertiary/aromatic N) is 1. The topological polar surface area (TPSA) is 75.4 Å². The number of hydroxylamine groups is 1. The number of carbonyl (C=O) groups is 1. The first-order valence-electron chi connectivity index (χ1n) is 3.59. The van der Waals surface area contributed by atoms with Crippen molar-refractivity contribution in [1.29, 1.82) is 0 Å². The molecule has 1 heterocycles. The Labute approximate surface area is 69.4 Å².